The van der Waals surface area contributed by atoms with Gasteiger partial charge >= 0.3 is 5.97 Å². The number of methoxy groups -OCH3 is 2. The van der Waals surface area contributed by atoms with Crippen LogP contribution in [-0.2, 0) is 24.9 Å². The summed E-state index contributed by atoms with van der Waals surface area (Å²) in [5.41, 5.74) is 0.920. The van der Waals surface area contributed by atoms with E-state index in [-0.39, 0.29) is 32.6 Å². The van der Waals surface area contributed by atoms with Gasteiger partial charge in [0, 0.05) is 7.11 Å². The van der Waals surface area contributed by atoms with E-state index in [1.165, 1.54) is 26.4 Å². The molecule has 0 aliphatic heterocycles. The van der Waals surface area contributed by atoms with Crippen LogP contribution in [0.5, 0.6) is 0 Å². The van der Waals surface area contributed by atoms with Gasteiger partial charge in [-0.3, -0.25) is 0 Å². The Kier molecular flexibility index (Phi) is 6.57. The fourth-order valence-electron chi connectivity index (χ4n) is 2.43. The van der Waals surface area contributed by atoms with Gasteiger partial charge in [0.15, 0.2) is 0 Å². The van der Waals surface area contributed by atoms with E-state index in [0.717, 1.165) is 21.2 Å². The molecule has 0 saturated heterocycles. The van der Waals surface area contributed by atoms with Crippen molar-refractivity contribution in [3.05, 3.63) is 45.1 Å². The molecule has 1 aromatic heterocycles. The van der Waals surface area contributed by atoms with Crippen LogP contribution in [0.1, 0.15) is 36.0 Å². The molecule has 2 aromatic rings. The van der Waals surface area contributed by atoms with Gasteiger partial charge in [-0.15, -0.1) is 11.3 Å². The van der Waals surface area contributed by atoms with Crippen molar-refractivity contribution in [1.82, 2.24) is 0 Å². The first-order chi connectivity index (χ1) is 12.5. The molecule has 2 rings (SSSR count). The zero-order valence-electron chi connectivity index (χ0n) is 15.8. The van der Waals surface area contributed by atoms with E-state index in [1.807, 2.05) is 20.8 Å². The zero-order chi connectivity index (χ0) is 20.4. The summed E-state index contributed by atoms with van der Waals surface area (Å²) in [7, 11) is -1.46. The number of nitrogens with zero attached hydrogens (tertiary/aromatic N) is 1. The number of anilines is 1. The van der Waals surface area contributed by atoms with Crippen LogP contribution in [-0.4, -0.2) is 35.3 Å². The minimum Gasteiger partial charge on any atom is -0.465 e. The molecule has 0 aliphatic carbocycles. The molecular weight excluding hydrogens is 410 g/mol. The average Bonchev–Trinajstić information content (AvgIpc) is 3.06. The minimum absolute atomic E-state index is 0.0590. The molecule has 1 heterocycles. The number of hydrogen-bond acceptors (Lipinski definition) is 6. The van der Waals surface area contributed by atoms with Crippen molar-refractivity contribution in [1.29, 1.82) is 0 Å². The normalized spacial score (nSPS) is 12.1. The Hall–Kier alpha value is -1.61. The first-order valence-electron chi connectivity index (χ1n) is 8.01. The van der Waals surface area contributed by atoms with Gasteiger partial charge in [-0.1, -0.05) is 38.4 Å². The van der Waals surface area contributed by atoms with Gasteiger partial charge in [0.25, 0.3) is 10.0 Å². The highest BCUT2D eigenvalue weighted by Crippen LogP contribution is 2.35. The standard InChI is InChI=1S/C18H22ClNO5S2/c1-18(2,3)12-6-7-15(13(19)10-12)27(22,23)20(11-24-4)14-8-9-26-16(14)17(21)25-5/h6-10H,11H2,1-5H3. The van der Waals surface area contributed by atoms with E-state index in [2.05, 4.69) is 0 Å². The molecule has 6 nitrogen and oxygen atoms in total. The van der Waals surface area contributed by atoms with Gasteiger partial charge < -0.3 is 9.47 Å². The lowest BCUT2D eigenvalue weighted by atomic mass is 9.87. The number of sulfonamides is 1. The van der Waals surface area contributed by atoms with E-state index in [1.54, 1.807) is 17.5 Å². The Morgan fingerprint density at radius 3 is 2.41 bits per heavy atom. The topological polar surface area (TPSA) is 72.9 Å². The molecule has 0 unspecified atom stereocenters. The molecule has 0 radical (unpaired) electrons. The molecule has 1 aromatic carbocycles. The third-order valence-electron chi connectivity index (χ3n) is 3.90. The van der Waals surface area contributed by atoms with Gasteiger partial charge in [0.2, 0.25) is 0 Å². The fourth-order valence-corrected chi connectivity index (χ4v) is 5.21. The highest BCUT2D eigenvalue weighted by Gasteiger charge is 2.32. The predicted molar refractivity (Wildman–Crippen MR) is 107 cm³/mol. The lowest BCUT2D eigenvalue weighted by Crippen LogP contribution is -2.34. The molecule has 0 fully saturated rings. The fraction of sp³-hybridized carbons (Fsp3) is 0.389. The SMILES string of the molecule is COCN(c1ccsc1C(=O)OC)S(=O)(=O)c1ccc(C(C)(C)C)cc1Cl. The van der Waals surface area contributed by atoms with Gasteiger partial charge in [0.05, 0.1) is 17.8 Å². The average molecular weight is 432 g/mol. The number of hydrogen-bond donors (Lipinski definition) is 0. The molecule has 27 heavy (non-hydrogen) atoms. The minimum atomic E-state index is -4.07. The van der Waals surface area contributed by atoms with Crippen molar-refractivity contribution >= 4 is 44.6 Å². The monoisotopic (exact) mass is 431 g/mol. The molecule has 0 N–H and O–H groups in total. The molecule has 0 atom stereocenters. The Labute approximate surface area is 168 Å². The summed E-state index contributed by atoms with van der Waals surface area (Å²) < 4.78 is 37.4. The van der Waals surface area contributed by atoms with E-state index < -0.39 is 16.0 Å². The molecule has 0 bridgehead atoms. The van der Waals surface area contributed by atoms with Crippen LogP contribution >= 0.6 is 22.9 Å². The maximum absolute atomic E-state index is 13.3. The highest BCUT2D eigenvalue weighted by atomic mass is 35.5. The van der Waals surface area contributed by atoms with Crippen molar-refractivity contribution in [2.45, 2.75) is 31.1 Å². The molecule has 0 amide bonds. The van der Waals surface area contributed by atoms with Crippen LogP contribution in [0.4, 0.5) is 5.69 Å². The lowest BCUT2D eigenvalue weighted by Gasteiger charge is -2.25. The van der Waals surface area contributed by atoms with Crippen LogP contribution in [0.15, 0.2) is 34.5 Å². The zero-order valence-corrected chi connectivity index (χ0v) is 18.2. The van der Waals surface area contributed by atoms with E-state index in [4.69, 9.17) is 21.1 Å². The maximum Gasteiger partial charge on any atom is 0.350 e. The Morgan fingerprint density at radius 2 is 1.89 bits per heavy atom. The van der Waals surface area contributed by atoms with Crippen LogP contribution in [0.2, 0.25) is 5.02 Å². The second-order valence-electron chi connectivity index (χ2n) is 6.79. The highest BCUT2D eigenvalue weighted by molar-refractivity contribution is 7.93. The van der Waals surface area contributed by atoms with E-state index in [9.17, 15) is 13.2 Å². The molecular formula is C18H22ClNO5S2. The van der Waals surface area contributed by atoms with Crippen LogP contribution < -0.4 is 4.31 Å². The molecule has 0 saturated carbocycles. The summed E-state index contributed by atoms with van der Waals surface area (Å²) in [6.45, 7) is 5.76. The van der Waals surface area contributed by atoms with Gasteiger partial charge in [-0.05, 0) is 34.6 Å². The Morgan fingerprint density at radius 1 is 1.22 bits per heavy atom. The van der Waals surface area contributed by atoms with Crippen molar-refractivity contribution in [3.8, 4) is 0 Å². The smallest absolute Gasteiger partial charge is 0.350 e. The third-order valence-corrected chi connectivity index (χ3v) is 7.00. The van der Waals surface area contributed by atoms with Gasteiger partial charge in [-0.25, -0.2) is 17.5 Å². The quantitative estimate of drug-likeness (QED) is 0.504. The first-order valence-corrected chi connectivity index (χ1v) is 10.7. The van der Waals surface area contributed by atoms with Gasteiger partial charge in [-0.2, -0.15) is 0 Å². The lowest BCUT2D eigenvalue weighted by molar-refractivity contribution is 0.0607. The van der Waals surface area contributed by atoms with Crippen molar-refractivity contribution in [3.63, 3.8) is 0 Å². The number of thiophene rings is 1. The van der Waals surface area contributed by atoms with Crippen molar-refractivity contribution in [2.24, 2.45) is 0 Å². The number of carbonyl (C=O) groups excluding carboxylic acids is 1. The van der Waals surface area contributed by atoms with Crippen LogP contribution in [0, 0.1) is 0 Å². The summed E-state index contributed by atoms with van der Waals surface area (Å²) in [4.78, 5) is 12.1. The molecule has 9 heteroatoms. The predicted octanol–water partition coefficient (Wildman–Crippen LogP) is 4.28. The summed E-state index contributed by atoms with van der Waals surface area (Å²) in [5.74, 6) is -0.620. The Balaban J connectivity index is 2.58. The van der Waals surface area contributed by atoms with Crippen molar-refractivity contribution < 1.29 is 22.7 Å². The van der Waals surface area contributed by atoms with E-state index in [0.29, 0.717) is 0 Å². The summed E-state index contributed by atoms with van der Waals surface area (Å²) in [6, 6.07) is 6.39. The molecule has 0 aliphatic rings. The summed E-state index contributed by atoms with van der Waals surface area (Å²) in [5, 5.41) is 1.72. The summed E-state index contributed by atoms with van der Waals surface area (Å²) >= 11 is 7.41. The van der Waals surface area contributed by atoms with Crippen molar-refractivity contribution in [2.75, 3.05) is 25.3 Å². The third kappa shape index (κ3) is 4.45. The maximum atomic E-state index is 13.3. The van der Waals surface area contributed by atoms with Crippen LogP contribution in [0.25, 0.3) is 0 Å². The Bertz CT molecular complexity index is 931. The van der Waals surface area contributed by atoms with E-state index >= 15 is 0 Å². The number of benzene rings is 1. The molecule has 0 spiro atoms. The van der Waals surface area contributed by atoms with Gasteiger partial charge in [0.1, 0.15) is 16.5 Å². The molecule has 148 valence electrons. The number of rotatable bonds is 6. The number of ether oxygens (including phenoxy) is 2. The largest absolute Gasteiger partial charge is 0.465 e. The first kappa shape index (κ1) is 21.7. The van der Waals surface area contributed by atoms with Crippen LogP contribution in [0.3, 0.4) is 0 Å². The number of halogens is 1. The summed E-state index contributed by atoms with van der Waals surface area (Å²) in [6.07, 6.45) is 0. The number of esters is 1. The second kappa shape index (κ2) is 8.18. The second-order valence-corrected chi connectivity index (χ2v) is 9.95. The number of carbonyl (C=O) groups is 1.